The fourth-order valence-corrected chi connectivity index (χ4v) is 3.01. The minimum Gasteiger partial charge on any atom is -0.495 e. The number of methoxy groups -OCH3 is 1. The molecule has 1 aliphatic rings. The number of nitrogen functional groups attached to an aromatic ring is 1. The fourth-order valence-electron chi connectivity index (χ4n) is 2.75. The first-order chi connectivity index (χ1) is 10.5. The van der Waals surface area contributed by atoms with E-state index in [2.05, 4.69) is 5.32 Å². The summed E-state index contributed by atoms with van der Waals surface area (Å²) >= 11 is 6.24. The Hall–Kier alpha value is -2.17. The van der Waals surface area contributed by atoms with Crippen molar-refractivity contribution in [2.45, 2.75) is 12.6 Å². The van der Waals surface area contributed by atoms with Crippen LogP contribution in [0.2, 0.25) is 5.02 Å². The zero-order chi connectivity index (χ0) is 15.9. The van der Waals surface area contributed by atoms with Crippen LogP contribution >= 0.6 is 11.6 Å². The van der Waals surface area contributed by atoms with Gasteiger partial charge in [0.15, 0.2) is 0 Å². The van der Waals surface area contributed by atoms with E-state index in [-0.39, 0.29) is 0 Å². The second-order valence-corrected chi connectivity index (χ2v) is 5.80. The molecule has 0 aliphatic carbocycles. The summed E-state index contributed by atoms with van der Waals surface area (Å²) in [5.74, 6) is 0.615. The summed E-state index contributed by atoms with van der Waals surface area (Å²) in [6.45, 7) is 1.98. The number of anilines is 1. The van der Waals surface area contributed by atoms with E-state index < -0.39 is 5.66 Å². The molecule has 4 nitrogen and oxygen atoms in total. The van der Waals surface area contributed by atoms with E-state index in [1.165, 1.54) is 0 Å². The van der Waals surface area contributed by atoms with Gasteiger partial charge in [-0.05, 0) is 42.5 Å². The van der Waals surface area contributed by atoms with Gasteiger partial charge in [0.25, 0.3) is 0 Å². The van der Waals surface area contributed by atoms with Crippen LogP contribution < -0.4 is 21.5 Å². The highest BCUT2D eigenvalue weighted by molar-refractivity contribution is 6.32. The normalized spacial score (nSPS) is 19.5. The molecule has 22 heavy (non-hydrogen) atoms. The first kappa shape index (κ1) is 14.8. The number of hydrogen-bond acceptors (Lipinski definition) is 4. The predicted octanol–water partition coefficient (Wildman–Crippen LogP) is 2.97. The number of halogens is 1. The van der Waals surface area contributed by atoms with Gasteiger partial charge in [-0.15, -0.1) is 0 Å². The van der Waals surface area contributed by atoms with Gasteiger partial charge in [0.05, 0.1) is 12.1 Å². The highest BCUT2D eigenvalue weighted by atomic mass is 35.5. The van der Waals surface area contributed by atoms with Gasteiger partial charge in [-0.1, -0.05) is 29.8 Å². The lowest BCUT2D eigenvalue weighted by Crippen LogP contribution is -2.50. The third-order valence-electron chi connectivity index (χ3n) is 4.10. The van der Waals surface area contributed by atoms with Crippen molar-refractivity contribution in [1.82, 2.24) is 5.32 Å². The lowest BCUT2D eigenvalue weighted by atomic mass is 9.85. The molecular weight excluding hydrogens is 298 g/mol. The molecule has 0 aromatic heterocycles. The van der Waals surface area contributed by atoms with Crippen molar-refractivity contribution < 1.29 is 4.74 Å². The maximum atomic E-state index is 6.65. The molecule has 5 heteroatoms. The molecule has 0 radical (unpaired) electrons. The Morgan fingerprint density at radius 1 is 1.23 bits per heavy atom. The van der Waals surface area contributed by atoms with E-state index in [0.29, 0.717) is 10.8 Å². The van der Waals surface area contributed by atoms with Crippen LogP contribution in [0.1, 0.15) is 22.3 Å². The lowest BCUT2D eigenvalue weighted by molar-refractivity contribution is 0.413. The molecule has 2 aromatic rings. The van der Waals surface area contributed by atoms with E-state index in [0.717, 1.165) is 27.9 Å². The van der Waals surface area contributed by atoms with Gasteiger partial charge in [0.2, 0.25) is 0 Å². The van der Waals surface area contributed by atoms with E-state index >= 15 is 0 Å². The SMILES string of the molecule is COc1ccc(C2(N)NC=Cc3c2ccc(C)c3N)cc1Cl. The average Bonchev–Trinajstić information content (AvgIpc) is 2.51. The Bertz CT molecular complexity index is 773. The molecular formula is C17H18ClN3O. The zero-order valence-corrected chi connectivity index (χ0v) is 13.2. The molecule has 114 valence electrons. The third kappa shape index (κ3) is 2.12. The third-order valence-corrected chi connectivity index (χ3v) is 4.39. The topological polar surface area (TPSA) is 73.3 Å². The smallest absolute Gasteiger partial charge is 0.139 e. The van der Waals surface area contributed by atoms with Crippen molar-refractivity contribution in [2.75, 3.05) is 12.8 Å². The highest BCUT2D eigenvalue weighted by Gasteiger charge is 2.34. The zero-order valence-electron chi connectivity index (χ0n) is 12.5. The van der Waals surface area contributed by atoms with Crippen LogP contribution in [0.4, 0.5) is 5.69 Å². The fraction of sp³-hybridized carbons (Fsp3) is 0.176. The summed E-state index contributed by atoms with van der Waals surface area (Å²) in [7, 11) is 1.58. The van der Waals surface area contributed by atoms with E-state index in [1.54, 1.807) is 7.11 Å². The second kappa shape index (κ2) is 5.23. The molecule has 1 heterocycles. The van der Waals surface area contributed by atoms with Gasteiger partial charge in [0.1, 0.15) is 11.4 Å². The van der Waals surface area contributed by atoms with Crippen LogP contribution in [0.3, 0.4) is 0 Å². The second-order valence-electron chi connectivity index (χ2n) is 5.39. The van der Waals surface area contributed by atoms with Crippen molar-refractivity contribution in [3.63, 3.8) is 0 Å². The van der Waals surface area contributed by atoms with Crippen molar-refractivity contribution in [2.24, 2.45) is 5.73 Å². The number of benzene rings is 2. The van der Waals surface area contributed by atoms with E-state index in [1.807, 2.05) is 49.5 Å². The molecule has 0 saturated heterocycles. The van der Waals surface area contributed by atoms with Gasteiger partial charge in [-0.2, -0.15) is 0 Å². The molecule has 2 aromatic carbocycles. The number of fused-ring (bicyclic) bond motifs is 1. The summed E-state index contributed by atoms with van der Waals surface area (Å²) in [4.78, 5) is 0. The van der Waals surface area contributed by atoms with Crippen molar-refractivity contribution in [3.05, 3.63) is 63.8 Å². The van der Waals surface area contributed by atoms with Gasteiger partial charge in [-0.3, -0.25) is 0 Å². The highest BCUT2D eigenvalue weighted by Crippen LogP contribution is 2.37. The van der Waals surface area contributed by atoms with Crippen molar-refractivity contribution in [1.29, 1.82) is 0 Å². The molecule has 0 saturated carbocycles. The van der Waals surface area contributed by atoms with Crippen LogP contribution in [-0.2, 0) is 5.66 Å². The monoisotopic (exact) mass is 315 g/mol. The average molecular weight is 316 g/mol. The summed E-state index contributed by atoms with van der Waals surface area (Å²) in [5, 5.41) is 3.74. The first-order valence-corrected chi connectivity index (χ1v) is 7.32. The molecule has 0 bridgehead atoms. The van der Waals surface area contributed by atoms with Crippen molar-refractivity contribution >= 4 is 23.4 Å². The maximum Gasteiger partial charge on any atom is 0.139 e. The van der Waals surface area contributed by atoms with Gasteiger partial charge >= 0.3 is 0 Å². The summed E-state index contributed by atoms with van der Waals surface area (Å²) in [6.07, 6.45) is 3.75. The summed E-state index contributed by atoms with van der Waals surface area (Å²) in [6, 6.07) is 9.49. The van der Waals surface area contributed by atoms with Crippen LogP contribution in [0.25, 0.3) is 6.08 Å². The standard InChI is InChI=1S/C17H18ClN3O/c1-10-3-5-13-12(16(10)19)7-8-21-17(13,20)11-4-6-15(22-2)14(18)9-11/h3-9,21H,19-20H2,1-2H3. The predicted molar refractivity (Wildman–Crippen MR) is 90.7 cm³/mol. The molecule has 0 fully saturated rings. The van der Waals surface area contributed by atoms with Crippen LogP contribution in [-0.4, -0.2) is 7.11 Å². The first-order valence-electron chi connectivity index (χ1n) is 6.94. The van der Waals surface area contributed by atoms with Crippen LogP contribution in [0.15, 0.2) is 36.5 Å². The Labute approximate surface area is 134 Å². The quantitative estimate of drug-likeness (QED) is 0.745. The number of nitrogens with two attached hydrogens (primary N) is 2. The maximum absolute atomic E-state index is 6.65. The van der Waals surface area contributed by atoms with E-state index in [4.69, 9.17) is 27.8 Å². The van der Waals surface area contributed by atoms with Crippen LogP contribution in [0.5, 0.6) is 5.75 Å². The number of aryl methyl sites for hydroxylation is 1. The summed E-state index contributed by atoms with van der Waals surface area (Å²) < 4.78 is 5.20. The Balaban J connectivity index is 2.18. The van der Waals surface area contributed by atoms with Gasteiger partial charge < -0.3 is 21.5 Å². The molecule has 3 rings (SSSR count). The van der Waals surface area contributed by atoms with E-state index in [9.17, 15) is 0 Å². The Kier molecular flexibility index (Phi) is 3.51. The Morgan fingerprint density at radius 3 is 2.68 bits per heavy atom. The van der Waals surface area contributed by atoms with Gasteiger partial charge in [-0.25, -0.2) is 0 Å². The molecule has 5 N–H and O–H groups in total. The molecule has 1 unspecified atom stereocenters. The minimum atomic E-state index is -0.887. The molecule has 0 spiro atoms. The minimum absolute atomic E-state index is 0.516. The Morgan fingerprint density at radius 2 is 2.00 bits per heavy atom. The molecule has 1 aliphatic heterocycles. The summed E-state index contributed by atoms with van der Waals surface area (Å²) in [5.41, 5.74) is 16.4. The van der Waals surface area contributed by atoms with Crippen LogP contribution in [0, 0.1) is 6.92 Å². The molecule has 0 amide bonds. The van der Waals surface area contributed by atoms with Gasteiger partial charge in [0, 0.05) is 16.8 Å². The number of ether oxygens (including phenoxy) is 1. The van der Waals surface area contributed by atoms with Crippen molar-refractivity contribution in [3.8, 4) is 5.75 Å². The largest absolute Gasteiger partial charge is 0.495 e. The number of hydrogen-bond donors (Lipinski definition) is 3. The lowest BCUT2D eigenvalue weighted by Gasteiger charge is -2.36. The number of rotatable bonds is 2. The number of nitrogens with one attached hydrogen (secondary N) is 1. The molecule has 1 atom stereocenters.